The van der Waals surface area contributed by atoms with Crippen LogP contribution < -0.4 is 5.32 Å². The molecular formula is C22H23N3O3S. The average molecular weight is 410 g/mol. The van der Waals surface area contributed by atoms with Crippen LogP contribution in [0, 0.1) is 25.7 Å². The van der Waals surface area contributed by atoms with Crippen molar-refractivity contribution in [2.45, 2.75) is 39.7 Å². The Bertz CT molecular complexity index is 1000. The van der Waals surface area contributed by atoms with E-state index in [1.807, 2.05) is 36.6 Å². The van der Waals surface area contributed by atoms with Crippen molar-refractivity contribution in [1.82, 2.24) is 9.88 Å². The molecule has 150 valence electrons. The molecular weight excluding hydrogens is 386 g/mol. The van der Waals surface area contributed by atoms with Crippen molar-refractivity contribution in [3.05, 3.63) is 46.9 Å². The summed E-state index contributed by atoms with van der Waals surface area (Å²) in [6, 6.07) is 5.25. The predicted molar refractivity (Wildman–Crippen MR) is 112 cm³/mol. The summed E-state index contributed by atoms with van der Waals surface area (Å²) >= 11 is 1.32. The molecule has 1 N–H and O–H groups in total. The molecule has 2 aromatic rings. The van der Waals surface area contributed by atoms with Gasteiger partial charge in [-0.3, -0.25) is 19.3 Å². The van der Waals surface area contributed by atoms with E-state index in [0.717, 1.165) is 16.2 Å². The van der Waals surface area contributed by atoms with Crippen molar-refractivity contribution in [2.24, 2.45) is 11.8 Å². The molecule has 1 aromatic heterocycles. The third kappa shape index (κ3) is 3.51. The lowest BCUT2D eigenvalue weighted by Gasteiger charge is -2.21. The van der Waals surface area contributed by atoms with Crippen LogP contribution in [-0.4, -0.2) is 33.6 Å². The van der Waals surface area contributed by atoms with Gasteiger partial charge in [-0.15, -0.1) is 11.3 Å². The smallest absolute Gasteiger partial charge is 0.249 e. The Morgan fingerprint density at radius 2 is 1.79 bits per heavy atom. The van der Waals surface area contributed by atoms with Crippen molar-refractivity contribution in [1.29, 1.82) is 0 Å². The van der Waals surface area contributed by atoms with Crippen molar-refractivity contribution in [2.75, 3.05) is 5.32 Å². The molecule has 6 nitrogen and oxygen atoms in total. The number of benzene rings is 1. The van der Waals surface area contributed by atoms with E-state index in [2.05, 4.69) is 23.3 Å². The maximum absolute atomic E-state index is 12.7. The maximum atomic E-state index is 12.7. The van der Waals surface area contributed by atoms with Crippen molar-refractivity contribution < 1.29 is 14.4 Å². The number of anilines is 1. The molecule has 0 unspecified atom stereocenters. The fourth-order valence-corrected chi connectivity index (χ4v) is 4.62. The van der Waals surface area contributed by atoms with Gasteiger partial charge >= 0.3 is 0 Å². The molecule has 1 fully saturated rings. The zero-order chi connectivity index (χ0) is 20.7. The molecule has 1 aliphatic heterocycles. The van der Waals surface area contributed by atoms with Crippen LogP contribution in [0.15, 0.2) is 35.7 Å². The van der Waals surface area contributed by atoms with Crippen LogP contribution in [0.25, 0.3) is 11.3 Å². The topological polar surface area (TPSA) is 79.4 Å². The number of hydrogen-bond donors (Lipinski definition) is 1. The lowest BCUT2D eigenvalue weighted by atomic mass is 9.85. The predicted octanol–water partition coefficient (Wildman–Crippen LogP) is 3.71. The number of rotatable bonds is 4. The van der Waals surface area contributed by atoms with E-state index in [4.69, 9.17) is 0 Å². The first-order valence-corrected chi connectivity index (χ1v) is 10.6. The van der Waals surface area contributed by atoms with E-state index in [1.54, 1.807) is 6.92 Å². The zero-order valence-electron chi connectivity index (χ0n) is 16.6. The van der Waals surface area contributed by atoms with Gasteiger partial charge < -0.3 is 5.32 Å². The second-order valence-corrected chi connectivity index (χ2v) is 8.56. The minimum Gasteiger partial charge on any atom is -0.300 e. The number of aryl methyl sites for hydroxylation is 2. The number of fused-ring (bicyclic) bond motifs is 1. The van der Waals surface area contributed by atoms with Gasteiger partial charge in [0.1, 0.15) is 6.04 Å². The number of aromatic nitrogens is 1. The van der Waals surface area contributed by atoms with Crippen LogP contribution in [0.1, 0.15) is 30.9 Å². The number of amides is 3. The molecule has 2 aliphatic rings. The minimum atomic E-state index is -0.866. The van der Waals surface area contributed by atoms with Gasteiger partial charge in [-0.05, 0) is 50.8 Å². The molecule has 3 atom stereocenters. The zero-order valence-corrected chi connectivity index (χ0v) is 17.5. The Morgan fingerprint density at radius 1 is 1.14 bits per heavy atom. The highest BCUT2D eigenvalue weighted by molar-refractivity contribution is 7.14. The maximum Gasteiger partial charge on any atom is 0.249 e. The second kappa shape index (κ2) is 7.55. The number of nitrogens with one attached hydrogen (secondary N) is 1. The van der Waals surface area contributed by atoms with Gasteiger partial charge in [-0.2, -0.15) is 0 Å². The fraction of sp³-hybridized carbons (Fsp3) is 0.364. The second-order valence-electron chi connectivity index (χ2n) is 7.70. The highest BCUT2D eigenvalue weighted by atomic mass is 32.1. The van der Waals surface area contributed by atoms with Gasteiger partial charge in [-0.1, -0.05) is 24.3 Å². The molecule has 3 amide bonds. The molecule has 4 rings (SSSR count). The molecule has 29 heavy (non-hydrogen) atoms. The van der Waals surface area contributed by atoms with Gasteiger partial charge in [0.05, 0.1) is 17.5 Å². The molecule has 0 spiro atoms. The van der Waals surface area contributed by atoms with Crippen LogP contribution in [0.5, 0.6) is 0 Å². The summed E-state index contributed by atoms with van der Waals surface area (Å²) < 4.78 is 0. The monoisotopic (exact) mass is 409 g/mol. The summed E-state index contributed by atoms with van der Waals surface area (Å²) in [5, 5.41) is 5.10. The number of carbonyl (C=O) groups is 3. The van der Waals surface area contributed by atoms with Gasteiger partial charge in [0.25, 0.3) is 0 Å². The minimum absolute atomic E-state index is 0.248. The average Bonchev–Trinajstić information content (AvgIpc) is 3.27. The largest absolute Gasteiger partial charge is 0.300 e. The summed E-state index contributed by atoms with van der Waals surface area (Å²) in [7, 11) is 0. The standard InChI is InChI=1S/C22H23N3O3S/c1-12-8-9-15(10-13(12)2)18-11-29-22(23-18)24-19(26)14(3)25-20(27)16-6-4-5-7-17(16)21(25)28/h4-5,8-11,14,16-17H,6-7H2,1-3H3,(H,23,24,26)/t14-,16-,17-/m0/s1. The number of nitrogens with zero attached hydrogens (tertiary/aromatic N) is 2. The quantitative estimate of drug-likeness (QED) is 0.617. The summed E-state index contributed by atoms with van der Waals surface area (Å²) in [5.74, 6) is -1.57. The van der Waals surface area contributed by atoms with Crippen molar-refractivity contribution in [3.63, 3.8) is 0 Å². The van der Waals surface area contributed by atoms with Crippen LogP contribution >= 0.6 is 11.3 Å². The number of likely N-dealkylation sites (tertiary alicyclic amines) is 1. The Hall–Kier alpha value is -2.80. The van der Waals surface area contributed by atoms with Gasteiger partial charge in [0.2, 0.25) is 17.7 Å². The van der Waals surface area contributed by atoms with E-state index in [-0.39, 0.29) is 23.7 Å². The third-order valence-corrected chi connectivity index (χ3v) is 6.60. The molecule has 1 aromatic carbocycles. The third-order valence-electron chi connectivity index (χ3n) is 5.85. The number of imide groups is 1. The first-order valence-electron chi connectivity index (χ1n) is 9.72. The Kier molecular flexibility index (Phi) is 5.08. The number of allylic oxidation sites excluding steroid dienone is 2. The summed E-state index contributed by atoms with van der Waals surface area (Å²) in [6.07, 6.45) is 4.99. The highest BCUT2D eigenvalue weighted by Crippen LogP contribution is 2.36. The summed E-state index contributed by atoms with van der Waals surface area (Å²) in [5.41, 5.74) is 4.16. The lowest BCUT2D eigenvalue weighted by Crippen LogP contribution is -2.46. The van der Waals surface area contributed by atoms with Gasteiger partial charge in [0.15, 0.2) is 5.13 Å². The number of hydrogen-bond acceptors (Lipinski definition) is 5. The first-order chi connectivity index (χ1) is 13.9. The number of thiazole rings is 1. The molecule has 0 radical (unpaired) electrons. The van der Waals surface area contributed by atoms with Crippen LogP contribution in [0.3, 0.4) is 0 Å². The van der Waals surface area contributed by atoms with Crippen LogP contribution in [0.2, 0.25) is 0 Å². The lowest BCUT2D eigenvalue weighted by molar-refractivity contribution is -0.146. The van der Waals surface area contributed by atoms with E-state index >= 15 is 0 Å². The molecule has 1 aliphatic carbocycles. The normalized spacial score (nSPS) is 22.0. The summed E-state index contributed by atoms with van der Waals surface area (Å²) in [6.45, 7) is 5.70. The van der Waals surface area contributed by atoms with Crippen LogP contribution in [-0.2, 0) is 14.4 Å². The fourth-order valence-electron chi connectivity index (χ4n) is 3.90. The Balaban J connectivity index is 1.47. The van der Waals surface area contributed by atoms with E-state index in [9.17, 15) is 14.4 Å². The van der Waals surface area contributed by atoms with E-state index < -0.39 is 11.9 Å². The Labute approximate surface area is 173 Å². The van der Waals surface area contributed by atoms with Gasteiger partial charge in [0, 0.05) is 10.9 Å². The molecule has 0 bridgehead atoms. The van der Waals surface area contributed by atoms with E-state index in [0.29, 0.717) is 18.0 Å². The highest BCUT2D eigenvalue weighted by Gasteiger charge is 2.50. The Morgan fingerprint density at radius 3 is 2.41 bits per heavy atom. The molecule has 1 saturated heterocycles. The molecule has 2 heterocycles. The van der Waals surface area contributed by atoms with Gasteiger partial charge in [-0.25, -0.2) is 4.98 Å². The van der Waals surface area contributed by atoms with Crippen LogP contribution in [0.4, 0.5) is 5.13 Å². The molecule has 0 saturated carbocycles. The molecule has 7 heteroatoms. The number of carbonyl (C=O) groups excluding carboxylic acids is 3. The SMILES string of the molecule is Cc1ccc(-c2csc(NC(=O)[C@H](C)N3C(=O)[C@H]4CC=CC[C@@H]4C3=O)n2)cc1C. The van der Waals surface area contributed by atoms with E-state index in [1.165, 1.54) is 22.5 Å². The first kappa shape index (κ1) is 19.5. The summed E-state index contributed by atoms with van der Waals surface area (Å²) in [4.78, 5) is 43.7. The van der Waals surface area contributed by atoms with Crippen molar-refractivity contribution >= 4 is 34.2 Å². The van der Waals surface area contributed by atoms with Crippen molar-refractivity contribution in [3.8, 4) is 11.3 Å².